The van der Waals surface area contributed by atoms with Crippen LogP contribution >= 0.6 is 0 Å². The Bertz CT molecular complexity index is 191. The van der Waals surface area contributed by atoms with Crippen molar-refractivity contribution in [1.82, 2.24) is 0 Å². The summed E-state index contributed by atoms with van der Waals surface area (Å²) in [6, 6.07) is -1.13. The van der Waals surface area contributed by atoms with Gasteiger partial charge in [0.25, 0.3) is 0 Å². The largest absolute Gasteiger partial charge is 0.394 e. The Morgan fingerprint density at radius 3 is 2.29 bits per heavy atom. The van der Waals surface area contributed by atoms with Gasteiger partial charge in [-0.05, 0) is 0 Å². The molecule has 0 spiro atoms. The Morgan fingerprint density at radius 2 is 1.79 bits per heavy atom. The molecule has 0 aromatic rings. The van der Waals surface area contributed by atoms with Crippen LogP contribution in [0.2, 0.25) is 0 Å². The van der Waals surface area contributed by atoms with Gasteiger partial charge in [0.15, 0.2) is 6.29 Å². The average molecular weight is 209 g/mol. The van der Waals surface area contributed by atoms with Gasteiger partial charge in [0.05, 0.1) is 12.6 Å². The van der Waals surface area contributed by atoms with Crippen LogP contribution in [-0.4, -0.2) is 68.9 Å². The molecule has 84 valence electrons. The Kier molecular flexibility index (Phi) is 3.78. The van der Waals surface area contributed by atoms with Gasteiger partial charge in [0.2, 0.25) is 0 Å². The van der Waals surface area contributed by atoms with Gasteiger partial charge in [-0.1, -0.05) is 0 Å². The molecule has 7 heteroatoms. The number of hydrogen-bond acceptors (Lipinski definition) is 7. The van der Waals surface area contributed by atoms with Crippen LogP contribution in [0.15, 0.2) is 0 Å². The maximum Gasteiger partial charge on any atom is 0.173 e. The molecule has 0 aliphatic carbocycles. The van der Waals surface area contributed by atoms with Crippen LogP contribution in [0.5, 0.6) is 0 Å². The molecule has 0 aromatic heterocycles. The van der Waals surface area contributed by atoms with Crippen molar-refractivity contribution in [3.8, 4) is 0 Å². The number of ether oxygens (including phenoxy) is 1. The molecule has 1 fully saturated rings. The fourth-order valence-corrected chi connectivity index (χ4v) is 1.35. The first-order valence-electron chi connectivity index (χ1n) is 4.23. The van der Waals surface area contributed by atoms with E-state index in [4.69, 9.17) is 20.7 Å². The molecule has 1 heterocycles. The molecule has 0 bridgehead atoms. The van der Waals surface area contributed by atoms with Crippen molar-refractivity contribution in [3.05, 3.63) is 0 Å². The van der Waals surface area contributed by atoms with Crippen LogP contribution < -0.4 is 5.73 Å². The van der Waals surface area contributed by atoms with Gasteiger partial charge in [-0.2, -0.15) is 0 Å². The summed E-state index contributed by atoms with van der Waals surface area (Å²) in [6.07, 6.45) is -6.92. The van der Waals surface area contributed by atoms with Crippen LogP contribution in [0.1, 0.15) is 0 Å². The summed E-state index contributed by atoms with van der Waals surface area (Å²) in [4.78, 5) is 0. The standard InChI is InChI=1S/C7H15NO6/c8-3-4(11)5(12)6(2(10)1-9)14-7(3)13/h2-7,9-13H,1,8H2/t2?,3-,4-,5-,6+,7?/m1/s1. The molecule has 2 unspecified atom stereocenters. The summed E-state index contributed by atoms with van der Waals surface area (Å²) >= 11 is 0. The zero-order valence-electron chi connectivity index (χ0n) is 7.39. The third kappa shape index (κ3) is 2.04. The van der Waals surface area contributed by atoms with Crippen molar-refractivity contribution < 1.29 is 30.3 Å². The highest BCUT2D eigenvalue weighted by atomic mass is 16.6. The first-order chi connectivity index (χ1) is 6.49. The Morgan fingerprint density at radius 1 is 1.21 bits per heavy atom. The van der Waals surface area contributed by atoms with E-state index in [1.165, 1.54) is 0 Å². The van der Waals surface area contributed by atoms with Crippen LogP contribution in [0.4, 0.5) is 0 Å². The number of hydrogen-bond donors (Lipinski definition) is 6. The van der Waals surface area contributed by atoms with E-state index >= 15 is 0 Å². The van der Waals surface area contributed by atoms with E-state index in [9.17, 15) is 15.3 Å². The maximum atomic E-state index is 9.39. The summed E-state index contributed by atoms with van der Waals surface area (Å²) in [5, 5.41) is 45.7. The molecule has 1 aliphatic heterocycles. The van der Waals surface area contributed by atoms with Gasteiger partial charge in [-0.3, -0.25) is 0 Å². The van der Waals surface area contributed by atoms with E-state index < -0.39 is 43.4 Å². The smallest absolute Gasteiger partial charge is 0.173 e. The van der Waals surface area contributed by atoms with Gasteiger partial charge in [-0.15, -0.1) is 0 Å². The highest BCUT2D eigenvalue weighted by Crippen LogP contribution is 2.20. The van der Waals surface area contributed by atoms with Crippen molar-refractivity contribution >= 4 is 0 Å². The zero-order chi connectivity index (χ0) is 10.9. The minimum atomic E-state index is -1.47. The highest BCUT2D eigenvalue weighted by Gasteiger charge is 2.44. The molecule has 1 saturated heterocycles. The predicted octanol–water partition coefficient (Wildman–Crippen LogP) is -3.89. The SMILES string of the molecule is N[C@H]1C(O)O[C@@H](C(O)CO)[C@H](O)[C@@H]1O. The van der Waals surface area contributed by atoms with Crippen LogP contribution in [0.25, 0.3) is 0 Å². The van der Waals surface area contributed by atoms with Gasteiger partial charge < -0.3 is 36.0 Å². The highest BCUT2D eigenvalue weighted by molar-refractivity contribution is 4.93. The van der Waals surface area contributed by atoms with Crippen LogP contribution in [-0.2, 0) is 4.74 Å². The summed E-state index contributed by atoms with van der Waals surface area (Å²) in [6.45, 7) is -0.642. The van der Waals surface area contributed by atoms with Gasteiger partial charge in [0.1, 0.15) is 24.4 Å². The molecule has 6 atom stereocenters. The van der Waals surface area contributed by atoms with Gasteiger partial charge >= 0.3 is 0 Å². The normalized spacial score (nSPS) is 46.3. The summed E-state index contributed by atoms with van der Waals surface area (Å²) in [7, 11) is 0. The Balaban J connectivity index is 2.70. The first-order valence-corrected chi connectivity index (χ1v) is 4.23. The Labute approximate surface area is 80.3 Å². The summed E-state index contributed by atoms with van der Waals surface area (Å²) in [5.41, 5.74) is 5.29. The zero-order valence-corrected chi connectivity index (χ0v) is 7.39. The third-order valence-electron chi connectivity index (χ3n) is 2.27. The number of aliphatic hydroxyl groups excluding tert-OH is 5. The van der Waals surface area contributed by atoms with Gasteiger partial charge in [-0.25, -0.2) is 0 Å². The second-order valence-electron chi connectivity index (χ2n) is 3.30. The van der Waals surface area contributed by atoms with E-state index in [0.717, 1.165) is 0 Å². The van der Waals surface area contributed by atoms with E-state index in [2.05, 4.69) is 0 Å². The van der Waals surface area contributed by atoms with E-state index in [0.29, 0.717) is 0 Å². The lowest BCUT2D eigenvalue weighted by Gasteiger charge is -2.40. The minimum Gasteiger partial charge on any atom is -0.394 e. The summed E-state index contributed by atoms with van der Waals surface area (Å²) in [5.74, 6) is 0. The Hall–Kier alpha value is -0.280. The van der Waals surface area contributed by atoms with Crippen molar-refractivity contribution in [2.75, 3.05) is 6.61 Å². The molecule has 14 heavy (non-hydrogen) atoms. The maximum absolute atomic E-state index is 9.39. The molecule has 0 saturated carbocycles. The topological polar surface area (TPSA) is 136 Å². The fraction of sp³-hybridized carbons (Fsp3) is 1.00. The molecule has 7 nitrogen and oxygen atoms in total. The summed E-state index contributed by atoms with van der Waals surface area (Å²) < 4.78 is 4.74. The minimum absolute atomic E-state index is 0.642. The van der Waals surface area contributed by atoms with Crippen LogP contribution in [0, 0.1) is 0 Å². The average Bonchev–Trinajstić information content (AvgIpc) is 2.19. The predicted molar refractivity (Wildman–Crippen MR) is 44.0 cm³/mol. The third-order valence-corrected chi connectivity index (χ3v) is 2.27. The molecular weight excluding hydrogens is 194 g/mol. The lowest BCUT2D eigenvalue weighted by molar-refractivity contribution is -0.264. The molecule has 0 amide bonds. The van der Waals surface area contributed by atoms with E-state index in [1.807, 2.05) is 0 Å². The molecule has 0 radical (unpaired) electrons. The second kappa shape index (κ2) is 4.49. The van der Waals surface area contributed by atoms with Gasteiger partial charge in [0, 0.05) is 0 Å². The number of rotatable bonds is 2. The second-order valence-corrected chi connectivity index (χ2v) is 3.30. The molecule has 7 N–H and O–H groups in total. The number of nitrogens with two attached hydrogens (primary N) is 1. The van der Waals surface area contributed by atoms with Crippen molar-refractivity contribution in [2.45, 2.75) is 36.7 Å². The quantitative estimate of drug-likeness (QED) is 0.273. The van der Waals surface area contributed by atoms with Crippen molar-refractivity contribution in [1.29, 1.82) is 0 Å². The molecular formula is C7H15NO6. The molecule has 1 aliphatic rings. The fourth-order valence-electron chi connectivity index (χ4n) is 1.35. The van der Waals surface area contributed by atoms with Crippen LogP contribution in [0.3, 0.4) is 0 Å². The van der Waals surface area contributed by atoms with E-state index in [1.54, 1.807) is 0 Å². The molecule has 0 aromatic carbocycles. The first kappa shape index (κ1) is 11.8. The molecule has 1 rings (SSSR count). The van der Waals surface area contributed by atoms with Crippen molar-refractivity contribution in [3.63, 3.8) is 0 Å². The number of aliphatic hydroxyl groups is 5. The lowest BCUT2D eigenvalue weighted by atomic mass is 9.94. The lowest BCUT2D eigenvalue weighted by Crippen LogP contribution is -2.63. The van der Waals surface area contributed by atoms with Crippen molar-refractivity contribution in [2.24, 2.45) is 5.73 Å². The van der Waals surface area contributed by atoms with E-state index in [-0.39, 0.29) is 0 Å². The monoisotopic (exact) mass is 209 g/mol.